The van der Waals surface area contributed by atoms with Crippen LogP contribution in [-0.4, -0.2) is 20.6 Å². The van der Waals surface area contributed by atoms with Crippen LogP contribution in [-0.2, 0) is 0 Å². The molecule has 0 atom stereocenters. The molecule has 3 aromatic heterocycles. The third-order valence-corrected chi connectivity index (χ3v) is 6.93. The zero-order valence-electron chi connectivity index (χ0n) is 13.7. The fourth-order valence-electron chi connectivity index (χ4n) is 3.30. The van der Waals surface area contributed by atoms with E-state index >= 15 is 0 Å². The smallest absolute Gasteiger partial charge is 0.259 e. The number of carbonyl (C=O) groups excluding carboxylic acids is 2. The molecule has 0 fully saturated rings. The summed E-state index contributed by atoms with van der Waals surface area (Å²) in [6.07, 6.45) is 0. The van der Waals surface area contributed by atoms with Crippen LogP contribution in [0.15, 0.2) is 24.3 Å². The number of nitrogens with zero attached hydrogens (tertiary/aromatic N) is 2. The first kappa shape index (κ1) is 15.8. The van der Waals surface area contributed by atoms with Crippen molar-refractivity contribution in [3.05, 3.63) is 45.1 Å². The van der Waals surface area contributed by atoms with E-state index in [9.17, 15) is 9.59 Å². The lowest BCUT2D eigenvalue weighted by molar-refractivity contribution is 0.0880. The molecule has 8 heteroatoms. The minimum absolute atomic E-state index is 0.365. The van der Waals surface area contributed by atoms with Crippen molar-refractivity contribution in [3.63, 3.8) is 0 Å². The van der Waals surface area contributed by atoms with E-state index in [2.05, 4.69) is 14.1 Å². The summed E-state index contributed by atoms with van der Waals surface area (Å²) in [7, 11) is 0. The van der Waals surface area contributed by atoms with E-state index in [0.29, 0.717) is 33.3 Å². The summed E-state index contributed by atoms with van der Waals surface area (Å²) in [5.74, 6) is -0.731. The second-order valence-electron chi connectivity index (χ2n) is 6.07. The number of thiophene rings is 2. The first-order valence-electron chi connectivity index (χ1n) is 7.86. The summed E-state index contributed by atoms with van der Waals surface area (Å²) in [5, 5.41) is 2.46. The summed E-state index contributed by atoms with van der Waals surface area (Å²) in [6, 6.07) is 7.95. The van der Waals surface area contributed by atoms with Gasteiger partial charge in [0.2, 0.25) is 0 Å². The van der Waals surface area contributed by atoms with Gasteiger partial charge >= 0.3 is 0 Å². The van der Waals surface area contributed by atoms with Gasteiger partial charge in [0, 0.05) is 30.6 Å². The van der Waals surface area contributed by atoms with Gasteiger partial charge in [0.15, 0.2) is 0 Å². The van der Waals surface area contributed by atoms with Crippen LogP contribution in [0, 0.1) is 13.8 Å². The van der Waals surface area contributed by atoms with Crippen LogP contribution in [0.3, 0.4) is 0 Å². The van der Waals surface area contributed by atoms with Gasteiger partial charge in [-0.05, 0) is 38.1 Å². The minimum Gasteiger partial charge on any atom is -0.288 e. The monoisotopic (exact) mass is 397 g/mol. The molecule has 0 aliphatic carbocycles. The van der Waals surface area contributed by atoms with Crippen LogP contribution in [0.25, 0.3) is 31.9 Å². The average molecular weight is 398 g/mol. The molecule has 128 valence electrons. The van der Waals surface area contributed by atoms with Crippen LogP contribution >= 0.6 is 34.4 Å². The first-order chi connectivity index (χ1) is 12.5. The second-order valence-corrected chi connectivity index (χ2v) is 9.17. The molecule has 0 saturated heterocycles. The topological polar surface area (TPSA) is 72.0 Å². The maximum atomic E-state index is 12.7. The Kier molecular flexibility index (Phi) is 3.37. The number of hydrogen-bond donors (Lipinski definition) is 1. The Bertz CT molecular complexity index is 1140. The Morgan fingerprint density at radius 2 is 1.19 bits per heavy atom. The molecule has 5 nitrogen and oxygen atoms in total. The summed E-state index contributed by atoms with van der Waals surface area (Å²) in [5.41, 5.74) is 3.61. The van der Waals surface area contributed by atoms with Gasteiger partial charge in [0.25, 0.3) is 11.8 Å². The quantitative estimate of drug-likeness (QED) is 0.500. The van der Waals surface area contributed by atoms with Crippen molar-refractivity contribution >= 4 is 57.2 Å². The molecule has 26 heavy (non-hydrogen) atoms. The van der Waals surface area contributed by atoms with E-state index in [1.165, 1.54) is 0 Å². The molecule has 0 bridgehead atoms. The summed E-state index contributed by atoms with van der Waals surface area (Å²) in [6.45, 7) is 4.03. The number of fused-ring (bicyclic) bond motifs is 2. The predicted octanol–water partition coefficient (Wildman–Crippen LogP) is 4.65. The highest BCUT2D eigenvalue weighted by Gasteiger charge is 2.37. The van der Waals surface area contributed by atoms with Crippen molar-refractivity contribution in [3.8, 4) is 20.9 Å². The lowest BCUT2D eigenvalue weighted by Gasteiger charge is -2.10. The third kappa shape index (κ3) is 2.13. The number of carbonyl (C=O) groups is 2. The Balaban J connectivity index is 1.98. The lowest BCUT2D eigenvalue weighted by atomic mass is 9.93. The van der Waals surface area contributed by atoms with Gasteiger partial charge in [0.05, 0.1) is 22.9 Å². The standard InChI is InChI=1S/C18H11N3O2S3/c1-7-3-5-9(24-7)11-13-14(18(23)19-17(13)22)12(10-6-4-8(2)25-10)16-15(11)20-26-21-16/h3-6H,1-2H3,(H,19,22,23). The normalized spacial score (nSPS) is 13.5. The molecule has 0 radical (unpaired) electrons. The van der Waals surface area contributed by atoms with E-state index in [0.717, 1.165) is 31.2 Å². The zero-order valence-corrected chi connectivity index (χ0v) is 16.2. The van der Waals surface area contributed by atoms with Gasteiger partial charge in [-0.1, -0.05) is 0 Å². The molecule has 0 unspecified atom stereocenters. The number of amides is 2. The van der Waals surface area contributed by atoms with Crippen molar-refractivity contribution < 1.29 is 9.59 Å². The number of rotatable bonds is 2. The number of nitrogens with one attached hydrogen (secondary N) is 1. The number of benzene rings is 1. The Morgan fingerprint density at radius 1 is 0.731 bits per heavy atom. The van der Waals surface area contributed by atoms with Crippen LogP contribution in [0.4, 0.5) is 0 Å². The Labute approximate surface area is 160 Å². The van der Waals surface area contributed by atoms with Crippen molar-refractivity contribution in [1.82, 2.24) is 14.1 Å². The fourth-order valence-corrected chi connectivity index (χ4v) is 5.70. The largest absolute Gasteiger partial charge is 0.288 e. The Hall–Kier alpha value is -2.42. The van der Waals surface area contributed by atoms with Gasteiger partial charge in [-0.15, -0.1) is 22.7 Å². The highest BCUT2D eigenvalue weighted by molar-refractivity contribution is 7.16. The first-order valence-corrected chi connectivity index (χ1v) is 10.2. The molecule has 0 saturated carbocycles. The number of aryl methyl sites for hydroxylation is 2. The maximum absolute atomic E-state index is 12.7. The highest BCUT2D eigenvalue weighted by Crippen LogP contribution is 2.45. The fraction of sp³-hybridized carbons (Fsp3) is 0.111. The van der Waals surface area contributed by atoms with Gasteiger partial charge in [-0.2, -0.15) is 8.75 Å². The molecular weight excluding hydrogens is 386 g/mol. The molecule has 1 aliphatic heterocycles. The summed E-state index contributed by atoms with van der Waals surface area (Å²) in [4.78, 5) is 29.4. The van der Waals surface area contributed by atoms with E-state index in [-0.39, 0.29) is 11.8 Å². The van der Waals surface area contributed by atoms with Crippen LogP contribution < -0.4 is 5.32 Å². The zero-order chi connectivity index (χ0) is 18.0. The number of hydrogen-bond acceptors (Lipinski definition) is 7. The SMILES string of the molecule is Cc1ccc(-c2c3c(c(-c4ccc(C)s4)c4nsnc24)C(=O)NC3=O)s1. The molecule has 4 heterocycles. The van der Waals surface area contributed by atoms with Crippen molar-refractivity contribution in [2.75, 3.05) is 0 Å². The van der Waals surface area contributed by atoms with Gasteiger partial charge in [-0.25, -0.2) is 0 Å². The average Bonchev–Trinajstić information content (AvgIpc) is 3.36. The molecule has 5 rings (SSSR count). The van der Waals surface area contributed by atoms with Crippen LogP contribution in [0.5, 0.6) is 0 Å². The predicted molar refractivity (Wildman–Crippen MR) is 105 cm³/mol. The molecule has 0 spiro atoms. The van der Waals surface area contributed by atoms with Gasteiger partial charge in [0.1, 0.15) is 11.0 Å². The van der Waals surface area contributed by atoms with E-state index < -0.39 is 0 Å². The maximum Gasteiger partial charge on any atom is 0.259 e. The molecule has 1 aromatic carbocycles. The number of imide groups is 1. The van der Waals surface area contributed by atoms with Crippen molar-refractivity contribution in [2.24, 2.45) is 0 Å². The lowest BCUT2D eigenvalue weighted by Crippen LogP contribution is -2.20. The van der Waals surface area contributed by atoms with Crippen LogP contribution in [0.2, 0.25) is 0 Å². The van der Waals surface area contributed by atoms with E-state index in [1.54, 1.807) is 22.7 Å². The molecule has 1 aliphatic rings. The Morgan fingerprint density at radius 3 is 1.58 bits per heavy atom. The summed E-state index contributed by atoms with van der Waals surface area (Å²) >= 11 is 4.27. The van der Waals surface area contributed by atoms with E-state index in [1.807, 2.05) is 38.1 Å². The van der Waals surface area contributed by atoms with Gasteiger partial charge < -0.3 is 0 Å². The number of aromatic nitrogens is 2. The van der Waals surface area contributed by atoms with Crippen molar-refractivity contribution in [2.45, 2.75) is 13.8 Å². The van der Waals surface area contributed by atoms with Crippen LogP contribution in [0.1, 0.15) is 30.5 Å². The summed E-state index contributed by atoms with van der Waals surface area (Å²) < 4.78 is 8.97. The molecular formula is C18H11N3O2S3. The van der Waals surface area contributed by atoms with Crippen molar-refractivity contribution in [1.29, 1.82) is 0 Å². The second kappa shape index (κ2) is 5.54. The third-order valence-electron chi connectivity index (χ3n) is 4.37. The highest BCUT2D eigenvalue weighted by atomic mass is 32.1. The molecule has 4 aromatic rings. The van der Waals surface area contributed by atoms with E-state index in [4.69, 9.17) is 0 Å². The van der Waals surface area contributed by atoms with Gasteiger partial charge in [-0.3, -0.25) is 14.9 Å². The molecule has 1 N–H and O–H groups in total. The molecule has 2 amide bonds. The minimum atomic E-state index is -0.365.